The monoisotopic (exact) mass is 213 g/mol. The summed E-state index contributed by atoms with van der Waals surface area (Å²) in [6, 6.07) is 0. The summed E-state index contributed by atoms with van der Waals surface area (Å²) in [5, 5.41) is 0. The van der Waals surface area contributed by atoms with Gasteiger partial charge in [0.15, 0.2) is 0 Å². The van der Waals surface area contributed by atoms with E-state index >= 15 is 0 Å². The molecule has 0 spiro atoms. The molecule has 1 saturated heterocycles. The second-order valence-corrected chi connectivity index (χ2v) is 5.24. The van der Waals surface area contributed by atoms with Gasteiger partial charge in [0.2, 0.25) is 0 Å². The molecule has 1 aliphatic heterocycles. The zero-order valence-corrected chi connectivity index (χ0v) is 10.7. The molecule has 0 aromatic heterocycles. The second-order valence-electron chi connectivity index (χ2n) is 5.24. The molecule has 0 atom stereocenters. The van der Waals surface area contributed by atoms with Gasteiger partial charge in [-0.15, -0.1) is 0 Å². The third kappa shape index (κ3) is 5.53. The van der Waals surface area contributed by atoms with Gasteiger partial charge in [-0.1, -0.05) is 20.8 Å². The van der Waals surface area contributed by atoms with Crippen molar-refractivity contribution in [2.24, 2.45) is 11.8 Å². The van der Waals surface area contributed by atoms with Gasteiger partial charge in [0.25, 0.3) is 0 Å². The van der Waals surface area contributed by atoms with E-state index in [1.807, 2.05) is 0 Å². The smallest absolute Gasteiger partial charge is 0.0518 e. The van der Waals surface area contributed by atoms with Crippen LogP contribution in [-0.4, -0.2) is 37.7 Å². The highest BCUT2D eigenvalue weighted by Crippen LogP contribution is 2.15. The van der Waals surface area contributed by atoms with Crippen molar-refractivity contribution in [2.75, 3.05) is 32.8 Å². The average molecular weight is 213 g/mol. The molecule has 15 heavy (non-hydrogen) atoms. The first-order chi connectivity index (χ1) is 7.22. The van der Waals surface area contributed by atoms with Crippen LogP contribution in [0.3, 0.4) is 0 Å². The van der Waals surface area contributed by atoms with Gasteiger partial charge in [0.05, 0.1) is 6.61 Å². The molecular weight excluding hydrogens is 186 g/mol. The number of nitrogens with zero attached hydrogens (tertiary/aromatic N) is 1. The third-order valence-electron chi connectivity index (χ3n) is 3.00. The van der Waals surface area contributed by atoms with Crippen LogP contribution >= 0.6 is 0 Å². The Bertz CT molecular complexity index is 153. The number of hydrogen-bond acceptors (Lipinski definition) is 2. The number of ether oxygens (including phenoxy) is 1. The fraction of sp³-hybridized carbons (Fsp3) is 1.00. The fourth-order valence-electron chi connectivity index (χ4n) is 2.12. The van der Waals surface area contributed by atoms with Crippen molar-refractivity contribution in [3.63, 3.8) is 0 Å². The van der Waals surface area contributed by atoms with E-state index in [2.05, 4.69) is 25.7 Å². The fourth-order valence-corrected chi connectivity index (χ4v) is 2.12. The largest absolute Gasteiger partial charge is 0.381 e. The third-order valence-corrected chi connectivity index (χ3v) is 3.00. The molecule has 0 aromatic rings. The van der Waals surface area contributed by atoms with Crippen molar-refractivity contribution >= 4 is 0 Å². The van der Waals surface area contributed by atoms with Crippen molar-refractivity contribution in [1.82, 2.24) is 4.90 Å². The van der Waals surface area contributed by atoms with E-state index < -0.39 is 0 Å². The first kappa shape index (κ1) is 13.0. The Morgan fingerprint density at radius 2 is 2.07 bits per heavy atom. The molecule has 2 heteroatoms. The molecule has 0 radical (unpaired) electrons. The maximum atomic E-state index is 5.69. The van der Waals surface area contributed by atoms with Crippen molar-refractivity contribution < 1.29 is 4.74 Å². The molecule has 0 aromatic carbocycles. The summed E-state index contributed by atoms with van der Waals surface area (Å²) in [7, 11) is 0. The minimum absolute atomic E-state index is 0.815. The Labute approximate surface area is 95.0 Å². The molecule has 0 bridgehead atoms. The van der Waals surface area contributed by atoms with Crippen molar-refractivity contribution in [2.45, 2.75) is 40.0 Å². The highest BCUT2D eigenvalue weighted by atomic mass is 16.5. The zero-order valence-electron chi connectivity index (χ0n) is 10.7. The molecule has 90 valence electrons. The molecule has 0 aliphatic carbocycles. The second kappa shape index (κ2) is 7.24. The van der Waals surface area contributed by atoms with Gasteiger partial charge in [-0.05, 0) is 31.7 Å². The summed E-state index contributed by atoms with van der Waals surface area (Å²) in [5.74, 6) is 1.63. The highest BCUT2D eigenvalue weighted by Gasteiger charge is 2.25. The lowest BCUT2D eigenvalue weighted by Crippen LogP contribution is -2.48. The van der Waals surface area contributed by atoms with Gasteiger partial charge >= 0.3 is 0 Å². The van der Waals surface area contributed by atoms with Gasteiger partial charge in [-0.2, -0.15) is 0 Å². The maximum Gasteiger partial charge on any atom is 0.0518 e. The quantitative estimate of drug-likeness (QED) is 0.575. The van der Waals surface area contributed by atoms with Crippen molar-refractivity contribution in [3.8, 4) is 0 Å². The molecule has 1 heterocycles. The van der Waals surface area contributed by atoms with Crippen LogP contribution in [0.25, 0.3) is 0 Å². The lowest BCUT2D eigenvalue weighted by Gasteiger charge is -2.38. The van der Waals surface area contributed by atoms with E-state index in [-0.39, 0.29) is 0 Å². The standard InChI is InChI=1S/C13H27NO/c1-4-7-14-9-13(10-14)11-15-8-5-6-12(2)3/h12-13H,4-11H2,1-3H3. The molecule has 2 nitrogen and oxygen atoms in total. The SMILES string of the molecule is CCCN1CC(COCCCC(C)C)C1. The van der Waals surface area contributed by atoms with E-state index in [9.17, 15) is 0 Å². The lowest BCUT2D eigenvalue weighted by molar-refractivity contribution is 0.0133. The van der Waals surface area contributed by atoms with Crippen LogP contribution in [-0.2, 0) is 4.74 Å². The molecule has 0 saturated carbocycles. The summed E-state index contributed by atoms with van der Waals surface area (Å²) in [6.07, 6.45) is 3.80. The highest BCUT2D eigenvalue weighted by molar-refractivity contribution is 4.78. The summed E-state index contributed by atoms with van der Waals surface area (Å²) in [4.78, 5) is 2.52. The minimum atomic E-state index is 0.815. The molecule has 0 N–H and O–H groups in total. The normalized spacial score (nSPS) is 18.4. The van der Waals surface area contributed by atoms with Crippen LogP contribution < -0.4 is 0 Å². The van der Waals surface area contributed by atoms with Crippen LogP contribution in [0.5, 0.6) is 0 Å². The molecule has 1 rings (SSSR count). The number of likely N-dealkylation sites (tertiary alicyclic amines) is 1. The summed E-state index contributed by atoms with van der Waals surface area (Å²) in [6.45, 7) is 12.5. The Kier molecular flexibility index (Phi) is 6.26. The minimum Gasteiger partial charge on any atom is -0.381 e. The van der Waals surface area contributed by atoms with Crippen molar-refractivity contribution in [1.29, 1.82) is 0 Å². The van der Waals surface area contributed by atoms with Gasteiger partial charge in [-0.3, -0.25) is 0 Å². The molecule has 1 fully saturated rings. The van der Waals surface area contributed by atoms with E-state index in [0.717, 1.165) is 25.0 Å². The zero-order chi connectivity index (χ0) is 11.1. The Hall–Kier alpha value is -0.0800. The van der Waals surface area contributed by atoms with E-state index in [1.165, 1.54) is 38.9 Å². The number of hydrogen-bond donors (Lipinski definition) is 0. The van der Waals surface area contributed by atoms with Crippen LogP contribution in [0.2, 0.25) is 0 Å². The van der Waals surface area contributed by atoms with Gasteiger partial charge in [0.1, 0.15) is 0 Å². The summed E-state index contributed by atoms with van der Waals surface area (Å²) in [5.41, 5.74) is 0. The van der Waals surface area contributed by atoms with Crippen LogP contribution in [0.15, 0.2) is 0 Å². The predicted octanol–water partition coefficient (Wildman–Crippen LogP) is 2.78. The van der Waals surface area contributed by atoms with Gasteiger partial charge < -0.3 is 9.64 Å². The first-order valence-electron chi connectivity index (χ1n) is 6.52. The summed E-state index contributed by atoms with van der Waals surface area (Å²) >= 11 is 0. The molecule has 0 unspecified atom stereocenters. The van der Waals surface area contributed by atoms with Crippen LogP contribution in [0.1, 0.15) is 40.0 Å². The lowest BCUT2D eigenvalue weighted by atomic mass is 10.0. The predicted molar refractivity (Wildman–Crippen MR) is 65.1 cm³/mol. The molecule has 0 amide bonds. The van der Waals surface area contributed by atoms with Crippen molar-refractivity contribution in [3.05, 3.63) is 0 Å². The van der Waals surface area contributed by atoms with Crippen LogP contribution in [0.4, 0.5) is 0 Å². The van der Waals surface area contributed by atoms with Crippen LogP contribution in [0, 0.1) is 11.8 Å². The van der Waals surface area contributed by atoms with E-state index in [0.29, 0.717) is 0 Å². The summed E-state index contributed by atoms with van der Waals surface area (Å²) < 4.78 is 5.69. The topological polar surface area (TPSA) is 12.5 Å². The van der Waals surface area contributed by atoms with Gasteiger partial charge in [-0.25, -0.2) is 0 Å². The Morgan fingerprint density at radius 1 is 1.33 bits per heavy atom. The first-order valence-corrected chi connectivity index (χ1v) is 6.52. The number of rotatable bonds is 8. The van der Waals surface area contributed by atoms with E-state index in [1.54, 1.807) is 0 Å². The van der Waals surface area contributed by atoms with E-state index in [4.69, 9.17) is 4.74 Å². The maximum absolute atomic E-state index is 5.69. The average Bonchev–Trinajstić information content (AvgIpc) is 2.12. The molecular formula is C13H27NO. The van der Waals surface area contributed by atoms with Gasteiger partial charge in [0, 0.05) is 25.6 Å². The Balaban J connectivity index is 1.82. The molecule has 1 aliphatic rings. The Morgan fingerprint density at radius 3 is 2.67 bits per heavy atom.